The first-order valence-electron chi connectivity index (χ1n) is 8.24. The Morgan fingerprint density at radius 3 is 2.71 bits per heavy atom. The van der Waals surface area contributed by atoms with Crippen molar-refractivity contribution < 1.29 is 4.39 Å². The van der Waals surface area contributed by atoms with Crippen LogP contribution in [0.3, 0.4) is 0 Å². The van der Waals surface area contributed by atoms with Gasteiger partial charge in [0.1, 0.15) is 12.7 Å². The topological polar surface area (TPSA) is 120 Å². The fraction of sp³-hybridized carbons (Fsp3) is 0.118. The van der Waals surface area contributed by atoms with Crippen LogP contribution in [-0.4, -0.2) is 41.1 Å². The van der Waals surface area contributed by atoms with E-state index >= 15 is 0 Å². The fourth-order valence-electron chi connectivity index (χ4n) is 2.56. The molecule has 9 nitrogen and oxygen atoms in total. The van der Waals surface area contributed by atoms with Crippen molar-refractivity contribution in [1.29, 1.82) is 0 Å². The van der Waals surface area contributed by atoms with Crippen molar-refractivity contribution in [3.63, 3.8) is 0 Å². The highest BCUT2D eigenvalue weighted by Crippen LogP contribution is 2.29. The number of hydrogen-bond acceptors (Lipinski definition) is 7. The summed E-state index contributed by atoms with van der Waals surface area (Å²) in [6, 6.07) is 7.75. The average molecular weight is 398 g/mol. The first-order valence-corrected chi connectivity index (χ1v) is 9.06. The number of thiazole rings is 1. The lowest BCUT2D eigenvalue weighted by Gasteiger charge is -2.00. The summed E-state index contributed by atoms with van der Waals surface area (Å²) >= 11 is 1.35. The normalized spacial score (nSPS) is 11.9. The maximum Gasteiger partial charge on any atom is 0.352 e. The molecule has 0 spiro atoms. The number of hydrogen-bond donors (Lipinski definition) is 2. The van der Waals surface area contributed by atoms with Gasteiger partial charge in [-0.3, -0.25) is 5.10 Å². The Kier molecular flexibility index (Phi) is 4.91. The van der Waals surface area contributed by atoms with E-state index in [-0.39, 0.29) is 18.7 Å². The Morgan fingerprint density at radius 2 is 2.04 bits per heavy atom. The minimum Gasteiger partial charge on any atom is -0.327 e. The van der Waals surface area contributed by atoms with Crippen molar-refractivity contribution in [2.45, 2.75) is 6.54 Å². The average Bonchev–Trinajstić information content (AvgIpc) is 3.48. The summed E-state index contributed by atoms with van der Waals surface area (Å²) < 4.78 is 15.2. The van der Waals surface area contributed by atoms with Crippen LogP contribution in [0.25, 0.3) is 27.0 Å². The zero-order valence-electron chi connectivity index (χ0n) is 14.5. The van der Waals surface area contributed by atoms with Gasteiger partial charge in [-0.25, -0.2) is 28.4 Å². The highest BCUT2D eigenvalue weighted by molar-refractivity contribution is 7.17. The van der Waals surface area contributed by atoms with Crippen LogP contribution in [-0.2, 0) is 6.54 Å². The number of nitrogens with one attached hydrogen (secondary N) is 1. The number of halogens is 1. The van der Waals surface area contributed by atoms with Crippen LogP contribution in [0, 0.1) is 0 Å². The molecule has 0 unspecified atom stereocenters. The first kappa shape index (κ1) is 17.9. The molecule has 0 fully saturated rings. The van der Waals surface area contributed by atoms with Crippen molar-refractivity contribution in [2.24, 2.45) is 5.73 Å². The standard InChI is InChI=1S/C17H15FN8OS/c18-5-11(6-19)8-26-17(27)25(10-23-26)16-20-7-14(28-16)12-1-3-13(4-2-12)15-21-9-22-24-15/h1-5,7,9-10H,6,8,19H2,(H,21,22,24)/b11-5+. The summed E-state index contributed by atoms with van der Waals surface area (Å²) in [4.78, 5) is 21.8. The lowest BCUT2D eigenvalue weighted by molar-refractivity contribution is 0.612. The predicted octanol–water partition coefficient (Wildman–Crippen LogP) is 1.75. The van der Waals surface area contributed by atoms with E-state index < -0.39 is 5.69 Å². The van der Waals surface area contributed by atoms with E-state index in [0.717, 1.165) is 20.7 Å². The molecule has 0 saturated carbocycles. The SMILES string of the molecule is NC/C(=C\F)Cn1ncn(-c2ncc(-c3ccc(-c4ncn[nH]4)cc3)s2)c1=O. The summed E-state index contributed by atoms with van der Waals surface area (Å²) in [7, 11) is 0. The molecule has 3 N–H and O–H groups in total. The zero-order chi connectivity index (χ0) is 19.5. The number of aromatic nitrogens is 7. The van der Waals surface area contributed by atoms with Gasteiger partial charge >= 0.3 is 5.69 Å². The van der Waals surface area contributed by atoms with E-state index in [1.165, 1.54) is 28.6 Å². The lowest BCUT2D eigenvalue weighted by atomic mass is 10.1. The number of nitrogens with zero attached hydrogens (tertiary/aromatic N) is 6. The predicted molar refractivity (Wildman–Crippen MR) is 103 cm³/mol. The first-order chi connectivity index (χ1) is 13.7. The molecule has 0 saturated heterocycles. The number of benzene rings is 1. The van der Waals surface area contributed by atoms with Crippen LogP contribution in [0.1, 0.15) is 0 Å². The third-order valence-corrected chi connectivity index (χ3v) is 5.11. The van der Waals surface area contributed by atoms with Crippen molar-refractivity contribution >= 4 is 11.3 Å². The molecular formula is C17H15FN8OS. The number of aromatic amines is 1. The maximum absolute atomic E-state index is 12.7. The minimum absolute atomic E-state index is 0.000163. The van der Waals surface area contributed by atoms with Gasteiger partial charge in [-0.15, -0.1) is 0 Å². The Hall–Kier alpha value is -3.44. The number of rotatable bonds is 6. The van der Waals surface area contributed by atoms with Gasteiger partial charge in [-0.1, -0.05) is 35.6 Å². The number of H-pyrrole nitrogens is 1. The van der Waals surface area contributed by atoms with E-state index in [9.17, 15) is 9.18 Å². The molecule has 0 aliphatic carbocycles. The Labute approximate surface area is 162 Å². The summed E-state index contributed by atoms with van der Waals surface area (Å²) in [6.07, 6.45) is 4.91. The molecule has 4 rings (SSSR count). The molecule has 0 amide bonds. The molecule has 3 aromatic heterocycles. The second-order valence-electron chi connectivity index (χ2n) is 5.83. The Bertz CT molecular complexity index is 1160. The smallest absolute Gasteiger partial charge is 0.327 e. The van der Waals surface area contributed by atoms with E-state index in [1.807, 2.05) is 24.3 Å². The van der Waals surface area contributed by atoms with Crippen LogP contribution in [0.15, 0.2) is 59.8 Å². The van der Waals surface area contributed by atoms with Crippen LogP contribution >= 0.6 is 11.3 Å². The van der Waals surface area contributed by atoms with Gasteiger partial charge in [-0.2, -0.15) is 10.2 Å². The van der Waals surface area contributed by atoms with Gasteiger partial charge < -0.3 is 5.73 Å². The van der Waals surface area contributed by atoms with Crippen LogP contribution < -0.4 is 11.4 Å². The van der Waals surface area contributed by atoms with E-state index in [2.05, 4.69) is 25.3 Å². The van der Waals surface area contributed by atoms with Gasteiger partial charge in [0.2, 0.25) is 0 Å². The Balaban J connectivity index is 1.58. The van der Waals surface area contributed by atoms with Gasteiger partial charge in [0.15, 0.2) is 11.0 Å². The largest absolute Gasteiger partial charge is 0.352 e. The van der Waals surface area contributed by atoms with Gasteiger partial charge in [-0.05, 0) is 11.1 Å². The van der Waals surface area contributed by atoms with Gasteiger partial charge in [0.05, 0.1) is 17.8 Å². The van der Waals surface area contributed by atoms with Gasteiger partial charge in [0, 0.05) is 18.3 Å². The molecule has 0 aliphatic rings. The van der Waals surface area contributed by atoms with Crippen molar-refractivity contribution in [3.05, 3.63) is 65.5 Å². The van der Waals surface area contributed by atoms with E-state index in [4.69, 9.17) is 5.73 Å². The minimum atomic E-state index is -0.408. The summed E-state index contributed by atoms with van der Waals surface area (Å²) in [5, 5.41) is 11.1. The quantitative estimate of drug-likeness (QED) is 0.511. The third kappa shape index (κ3) is 3.40. The van der Waals surface area contributed by atoms with Crippen molar-refractivity contribution in [1.82, 2.24) is 34.5 Å². The highest BCUT2D eigenvalue weighted by Gasteiger charge is 2.13. The van der Waals surface area contributed by atoms with Crippen LogP contribution in [0.5, 0.6) is 0 Å². The summed E-state index contributed by atoms with van der Waals surface area (Å²) in [5.41, 5.74) is 7.17. The summed E-state index contributed by atoms with van der Waals surface area (Å²) in [6.45, 7) is 0.0153. The van der Waals surface area contributed by atoms with E-state index in [0.29, 0.717) is 17.3 Å². The second kappa shape index (κ2) is 7.66. The van der Waals surface area contributed by atoms with Crippen molar-refractivity contribution in [2.75, 3.05) is 6.54 Å². The highest BCUT2D eigenvalue weighted by atomic mass is 32.1. The molecule has 1 aromatic carbocycles. The molecule has 3 heterocycles. The van der Waals surface area contributed by atoms with Crippen LogP contribution in [0.2, 0.25) is 0 Å². The van der Waals surface area contributed by atoms with E-state index in [1.54, 1.807) is 6.20 Å². The fourth-order valence-corrected chi connectivity index (χ4v) is 3.44. The molecule has 0 atom stereocenters. The molecule has 142 valence electrons. The lowest BCUT2D eigenvalue weighted by Crippen LogP contribution is -2.25. The second-order valence-corrected chi connectivity index (χ2v) is 6.84. The van der Waals surface area contributed by atoms with Crippen LogP contribution in [0.4, 0.5) is 4.39 Å². The zero-order valence-corrected chi connectivity index (χ0v) is 15.3. The maximum atomic E-state index is 12.7. The van der Waals surface area contributed by atoms with Gasteiger partial charge in [0.25, 0.3) is 0 Å². The number of nitrogens with two attached hydrogens (primary N) is 1. The Morgan fingerprint density at radius 1 is 1.25 bits per heavy atom. The molecular weight excluding hydrogens is 383 g/mol. The molecule has 11 heteroatoms. The third-order valence-electron chi connectivity index (χ3n) is 4.06. The molecule has 4 aromatic rings. The molecule has 28 heavy (non-hydrogen) atoms. The summed E-state index contributed by atoms with van der Waals surface area (Å²) in [5.74, 6) is 0.690. The monoisotopic (exact) mass is 398 g/mol. The molecule has 0 radical (unpaired) electrons. The molecule has 0 aliphatic heterocycles. The molecule has 0 bridgehead atoms. The van der Waals surface area contributed by atoms with Crippen molar-refractivity contribution in [3.8, 4) is 27.0 Å².